The number of rotatable bonds is 4. The molecule has 0 atom stereocenters. The quantitative estimate of drug-likeness (QED) is 0.864. The molecular formula is C12H21N5OS. The standard InChI is InChI=1S/C12H21N5OS/c1-12(4-6-17(3)7-5-12)8-14-9(18)10-15-16-11(13-2)19-10/h4-8H2,1-3H3,(H,13,16)(H,14,18). The van der Waals surface area contributed by atoms with Crippen LogP contribution in [0.4, 0.5) is 5.13 Å². The minimum absolute atomic E-state index is 0.126. The largest absolute Gasteiger partial charge is 0.363 e. The van der Waals surface area contributed by atoms with Crippen molar-refractivity contribution in [3.8, 4) is 0 Å². The summed E-state index contributed by atoms with van der Waals surface area (Å²) in [5.74, 6) is -0.126. The molecule has 1 fully saturated rings. The molecule has 1 aromatic rings. The van der Waals surface area contributed by atoms with E-state index in [-0.39, 0.29) is 11.3 Å². The van der Waals surface area contributed by atoms with E-state index in [0.29, 0.717) is 16.7 Å². The van der Waals surface area contributed by atoms with Crippen LogP contribution < -0.4 is 10.6 Å². The average Bonchev–Trinajstić information content (AvgIpc) is 2.89. The number of carbonyl (C=O) groups is 1. The third-order valence-electron chi connectivity index (χ3n) is 3.70. The highest BCUT2D eigenvalue weighted by Gasteiger charge is 2.29. The summed E-state index contributed by atoms with van der Waals surface area (Å²) in [5.41, 5.74) is 0.193. The lowest BCUT2D eigenvalue weighted by Gasteiger charge is -2.37. The predicted molar refractivity (Wildman–Crippen MR) is 76.6 cm³/mol. The SMILES string of the molecule is CNc1nnc(C(=O)NCC2(C)CCN(C)CC2)s1. The van der Waals surface area contributed by atoms with E-state index in [1.807, 2.05) is 0 Å². The Bertz CT molecular complexity index is 439. The van der Waals surface area contributed by atoms with E-state index in [2.05, 4.69) is 39.7 Å². The van der Waals surface area contributed by atoms with Crippen LogP contribution in [0.2, 0.25) is 0 Å². The van der Waals surface area contributed by atoms with Crippen molar-refractivity contribution in [1.82, 2.24) is 20.4 Å². The first-order chi connectivity index (χ1) is 9.02. The normalized spacial score (nSPS) is 19.1. The van der Waals surface area contributed by atoms with Crippen LogP contribution in [-0.4, -0.2) is 54.7 Å². The molecule has 0 radical (unpaired) electrons. The number of amides is 1. The molecule has 0 aromatic carbocycles. The number of aromatic nitrogens is 2. The van der Waals surface area contributed by atoms with Crippen LogP contribution in [0.5, 0.6) is 0 Å². The Morgan fingerprint density at radius 1 is 1.42 bits per heavy atom. The van der Waals surface area contributed by atoms with Crippen LogP contribution in [-0.2, 0) is 0 Å². The zero-order valence-electron chi connectivity index (χ0n) is 11.7. The zero-order chi connectivity index (χ0) is 13.9. The zero-order valence-corrected chi connectivity index (χ0v) is 12.5. The monoisotopic (exact) mass is 283 g/mol. The summed E-state index contributed by atoms with van der Waals surface area (Å²) in [7, 11) is 3.90. The van der Waals surface area contributed by atoms with Crippen molar-refractivity contribution in [3.63, 3.8) is 0 Å². The lowest BCUT2D eigenvalue weighted by atomic mass is 9.80. The van der Waals surface area contributed by atoms with Gasteiger partial charge < -0.3 is 15.5 Å². The Balaban J connectivity index is 1.86. The maximum Gasteiger partial charge on any atom is 0.282 e. The van der Waals surface area contributed by atoms with Crippen molar-refractivity contribution < 1.29 is 4.79 Å². The van der Waals surface area contributed by atoms with Gasteiger partial charge in [-0.2, -0.15) is 0 Å². The third kappa shape index (κ3) is 3.63. The minimum Gasteiger partial charge on any atom is -0.363 e. The summed E-state index contributed by atoms with van der Waals surface area (Å²) < 4.78 is 0. The van der Waals surface area contributed by atoms with E-state index in [0.717, 1.165) is 25.9 Å². The van der Waals surface area contributed by atoms with Crippen molar-refractivity contribution in [1.29, 1.82) is 0 Å². The molecule has 0 unspecified atom stereocenters. The summed E-state index contributed by atoms with van der Waals surface area (Å²) in [6.45, 7) is 5.12. The van der Waals surface area contributed by atoms with Crippen LogP contribution in [0.25, 0.3) is 0 Å². The number of hydrogen-bond acceptors (Lipinski definition) is 6. The lowest BCUT2D eigenvalue weighted by Crippen LogP contribution is -2.43. The highest BCUT2D eigenvalue weighted by Crippen LogP contribution is 2.29. The number of likely N-dealkylation sites (tertiary alicyclic amines) is 1. The van der Waals surface area contributed by atoms with E-state index in [1.54, 1.807) is 7.05 Å². The molecule has 0 saturated carbocycles. The number of piperidine rings is 1. The summed E-state index contributed by atoms with van der Waals surface area (Å²) >= 11 is 1.27. The summed E-state index contributed by atoms with van der Waals surface area (Å²) in [4.78, 5) is 14.3. The van der Waals surface area contributed by atoms with Crippen LogP contribution >= 0.6 is 11.3 Å². The number of nitrogens with one attached hydrogen (secondary N) is 2. The van der Waals surface area contributed by atoms with Gasteiger partial charge in [0.05, 0.1) is 0 Å². The fourth-order valence-corrected chi connectivity index (χ4v) is 2.73. The maximum atomic E-state index is 12.0. The fourth-order valence-electron chi connectivity index (χ4n) is 2.12. The average molecular weight is 283 g/mol. The summed E-state index contributed by atoms with van der Waals surface area (Å²) in [5, 5.41) is 14.7. The second-order valence-corrected chi connectivity index (χ2v) is 6.44. The summed E-state index contributed by atoms with van der Waals surface area (Å²) in [6.07, 6.45) is 2.23. The van der Waals surface area contributed by atoms with Gasteiger partial charge in [0.15, 0.2) is 0 Å². The molecule has 1 aliphatic rings. The van der Waals surface area contributed by atoms with Gasteiger partial charge in [0.2, 0.25) is 10.1 Å². The molecule has 0 bridgehead atoms. The van der Waals surface area contributed by atoms with Gasteiger partial charge in [-0.05, 0) is 38.4 Å². The Labute approximate surface area is 117 Å². The number of anilines is 1. The Morgan fingerprint density at radius 2 is 2.11 bits per heavy atom. The number of nitrogens with zero attached hydrogens (tertiary/aromatic N) is 3. The molecule has 1 saturated heterocycles. The molecule has 0 spiro atoms. The third-order valence-corrected chi connectivity index (χ3v) is 4.64. The predicted octanol–water partition coefficient (Wildman–Crippen LogP) is 1.04. The van der Waals surface area contributed by atoms with Gasteiger partial charge in [0, 0.05) is 13.6 Å². The second-order valence-electron chi connectivity index (χ2n) is 5.46. The van der Waals surface area contributed by atoms with E-state index in [4.69, 9.17) is 0 Å². The molecular weight excluding hydrogens is 262 g/mol. The van der Waals surface area contributed by atoms with Crippen molar-refractivity contribution >= 4 is 22.4 Å². The highest BCUT2D eigenvalue weighted by molar-refractivity contribution is 7.17. The first-order valence-corrected chi connectivity index (χ1v) is 7.32. The minimum atomic E-state index is -0.126. The van der Waals surface area contributed by atoms with Crippen molar-refractivity contribution in [2.75, 3.05) is 39.0 Å². The molecule has 1 aliphatic heterocycles. The lowest BCUT2D eigenvalue weighted by molar-refractivity contribution is 0.0890. The van der Waals surface area contributed by atoms with Gasteiger partial charge in [-0.25, -0.2) is 0 Å². The van der Waals surface area contributed by atoms with E-state index in [9.17, 15) is 4.79 Å². The number of carbonyl (C=O) groups excluding carboxylic acids is 1. The highest BCUT2D eigenvalue weighted by atomic mass is 32.1. The topological polar surface area (TPSA) is 70.1 Å². The molecule has 0 aliphatic carbocycles. The van der Waals surface area contributed by atoms with Crippen LogP contribution in [0.3, 0.4) is 0 Å². The molecule has 6 nitrogen and oxygen atoms in total. The molecule has 1 aromatic heterocycles. The molecule has 106 valence electrons. The summed E-state index contributed by atoms with van der Waals surface area (Å²) in [6, 6.07) is 0. The van der Waals surface area contributed by atoms with Gasteiger partial charge in [-0.1, -0.05) is 18.3 Å². The number of hydrogen-bond donors (Lipinski definition) is 2. The van der Waals surface area contributed by atoms with Crippen molar-refractivity contribution in [3.05, 3.63) is 5.01 Å². The van der Waals surface area contributed by atoms with Crippen LogP contribution in [0, 0.1) is 5.41 Å². The van der Waals surface area contributed by atoms with E-state index >= 15 is 0 Å². The Kier molecular flexibility index (Phi) is 4.36. The van der Waals surface area contributed by atoms with E-state index < -0.39 is 0 Å². The van der Waals surface area contributed by atoms with Gasteiger partial charge >= 0.3 is 0 Å². The van der Waals surface area contributed by atoms with Crippen molar-refractivity contribution in [2.45, 2.75) is 19.8 Å². The van der Waals surface area contributed by atoms with Crippen molar-refractivity contribution in [2.24, 2.45) is 5.41 Å². The fraction of sp³-hybridized carbons (Fsp3) is 0.750. The Hall–Kier alpha value is -1.21. The van der Waals surface area contributed by atoms with Crippen LogP contribution in [0.15, 0.2) is 0 Å². The Morgan fingerprint density at radius 3 is 2.68 bits per heavy atom. The van der Waals surface area contributed by atoms with Crippen LogP contribution in [0.1, 0.15) is 29.6 Å². The molecule has 2 N–H and O–H groups in total. The smallest absolute Gasteiger partial charge is 0.282 e. The van der Waals surface area contributed by atoms with Gasteiger partial charge in [-0.3, -0.25) is 4.79 Å². The molecule has 2 rings (SSSR count). The maximum absolute atomic E-state index is 12.0. The first-order valence-electron chi connectivity index (χ1n) is 6.50. The molecule has 19 heavy (non-hydrogen) atoms. The molecule has 1 amide bonds. The second kappa shape index (κ2) is 5.83. The molecule has 2 heterocycles. The molecule has 7 heteroatoms. The van der Waals surface area contributed by atoms with Gasteiger partial charge in [0.25, 0.3) is 5.91 Å². The van der Waals surface area contributed by atoms with Gasteiger partial charge in [-0.15, -0.1) is 10.2 Å². The van der Waals surface area contributed by atoms with E-state index in [1.165, 1.54) is 11.3 Å². The van der Waals surface area contributed by atoms with Gasteiger partial charge in [0.1, 0.15) is 0 Å². The first kappa shape index (κ1) is 14.2.